The van der Waals surface area contributed by atoms with E-state index in [2.05, 4.69) is 16.7 Å². The number of nitrogens with two attached hydrogens (primary N) is 1. The lowest BCUT2D eigenvalue weighted by molar-refractivity contribution is -0.130. The van der Waals surface area contributed by atoms with Crippen LogP contribution in [0.2, 0.25) is 0 Å². The second kappa shape index (κ2) is 7.21. The number of aryl methyl sites for hydroxylation is 1. The summed E-state index contributed by atoms with van der Waals surface area (Å²) in [4.78, 5) is 26.4. The smallest absolute Gasteiger partial charge is 0.243 e. The number of nitrogens with zero attached hydrogens (tertiary/aromatic N) is 1. The minimum atomic E-state index is -0.219. The van der Waals surface area contributed by atoms with E-state index in [-0.39, 0.29) is 23.9 Å². The number of likely N-dealkylation sites (tertiary alicyclic amines) is 1. The maximum atomic E-state index is 12.5. The summed E-state index contributed by atoms with van der Waals surface area (Å²) in [5.41, 5.74) is 8.90. The van der Waals surface area contributed by atoms with Gasteiger partial charge in [0, 0.05) is 37.7 Å². The Bertz CT molecular complexity index is 631. The summed E-state index contributed by atoms with van der Waals surface area (Å²) < 4.78 is 0. The van der Waals surface area contributed by atoms with E-state index in [0.717, 1.165) is 18.5 Å². The van der Waals surface area contributed by atoms with Gasteiger partial charge in [-0.25, -0.2) is 0 Å². The molecular weight excluding hydrogens is 304 g/mol. The van der Waals surface area contributed by atoms with Crippen LogP contribution in [-0.4, -0.2) is 48.4 Å². The molecule has 2 aliphatic heterocycles. The van der Waals surface area contributed by atoms with Gasteiger partial charge in [-0.3, -0.25) is 9.59 Å². The van der Waals surface area contributed by atoms with Crippen molar-refractivity contribution in [1.29, 1.82) is 0 Å². The van der Waals surface area contributed by atoms with E-state index in [1.807, 2.05) is 24.0 Å². The normalized spacial score (nSPS) is 22.2. The van der Waals surface area contributed by atoms with Gasteiger partial charge in [0.15, 0.2) is 0 Å². The molecule has 6 heteroatoms. The maximum Gasteiger partial charge on any atom is 0.243 e. The van der Waals surface area contributed by atoms with Gasteiger partial charge in [-0.2, -0.15) is 0 Å². The molecule has 130 valence electrons. The Morgan fingerprint density at radius 2 is 2.25 bits per heavy atom. The van der Waals surface area contributed by atoms with Crippen LogP contribution in [0.1, 0.15) is 30.4 Å². The summed E-state index contributed by atoms with van der Waals surface area (Å²) >= 11 is 0. The minimum Gasteiger partial charge on any atom is -0.373 e. The Hall–Kier alpha value is -2.08. The number of carbonyl (C=O) groups is 2. The van der Waals surface area contributed by atoms with Crippen molar-refractivity contribution in [1.82, 2.24) is 10.2 Å². The first kappa shape index (κ1) is 16.8. The topological polar surface area (TPSA) is 87.5 Å². The van der Waals surface area contributed by atoms with Crippen LogP contribution in [0.15, 0.2) is 18.2 Å². The number of hydrogen-bond donors (Lipinski definition) is 3. The molecule has 3 rings (SSSR count). The van der Waals surface area contributed by atoms with Crippen LogP contribution in [0.4, 0.5) is 5.69 Å². The van der Waals surface area contributed by atoms with Gasteiger partial charge in [-0.05, 0) is 37.4 Å². The molecule has 1 fully saturated rings. The fourth-order valence-electron chi connectivity index (χ4n) is 3.53. The summed E-state index contributed by atoms with van der Waals surface area (Å²) in [5.74, 6) is 0.158. The first-order valence-electron chi connectivity index (χ1n) is 8.71. The van der Waals surface area contributed by atoms with Crippen LogP contribution in [0.5, 0.6) is 0 Å². The largest absolute Gasteiger partial charge is 0.373 e. The number of amides is 2. The Kier molecular flexibility index (Phi) is 5.04. The van der Waals surface area contributed by atoms with Crippen LogP contribution < -0.4 is 16.4 Å². The third kappa shape index (κ3) is 3.53. The van der Waals surface area contributed by atoms with Crippen LogP contribution in [-0.2, 0) is 16.0 Å². The van der Waals surface area contributed by atoms with E-state index < -0.39 is 0 Å². The zero-order chi connectivity index (χ0) is 17.1. The van der Waals surface area contributed by atoms with Gasteiger partial charge < -0.3 is 21.3 Å². The number of anilines is 1. The molecule has 2 heterocycles. The molecule has 0 aromatic heterocycles. The van der Waals surface area contributed by atoms with Gasteiger partial charge in [0.1, 0.15) is 6.04 Å². The molecule has 1 aromatic carbocycles. The number of benzene rings is 1. The van der Waals surface area contributed by atoms with Gasteiger partial charge in [0.25, 0.3) is 0 Å². The van der Waals surface area contributed by atoms with Gasteiger partial charge in [0.2, 0.25) is 11.8 Å². The summed E-state index contributed by atoms with van der Waals surface area (Å²) in [6.07, 6.45) is 2.75. The maximum absolute atomic E-state index is 12.5. The lowest BCUT2D eigenvalue weighted by Gasteiger charge is -2.19. The molecule has 0 bridgehead atoms. The standard InChI is InChI=1S/C18H26N4O2/c1-12-4-2-5-13-10-15(21-17(12)13)18(24)20-14-7-9-22(11-14)16(23)6-3-8-19/h2,4-5,14-15,21H,3,6-11,19H2,1H3,(H,20,24). The van der Waals surface area contributed by atoms with Crippen molar-refractivity contribution >= 4 is 17.5 Å². The summed E-state index contributed by atoms with van der Waals surface area (Å²) in [6, 6.07) is 5.97. The van der Waals surface area contributed by atoms with E-state index in [9.17, 15) is 9.59 Å². The molecule has 1 aromatic rings. The Morgan fingerprint density at radius 1 is 1.42 bits per heavy atom. The monoisotopic (exact) mass is 330 g/mol. The zero-order valence-corrected chi connectivity index (χ0v) is 14.2. The Morgan fingerprint density at radius 3 is 3.00 bits per heavy atom. The Balaban J connectivity index is 1.50. The van der Waals surface area contributed by atoms with Crippen LogP contribution in [0.25, 0.3) is 0 Å². The van der Waals surface area contributed by atoms with Crippen molar-refractivity contribution in [2.45, 2.75) is 44.7 Å². The first-order valence-corrected chi connectivity index (χ1v) is 8.71. The molecule has 0 saturated carbocycles. The van der Waals surface area contributed by atoms with Gasteiger partial charge in [-0.15, -0.1) is 0 Å². The molecule has 0 spiro atoms. The third-order valence-electron chi connectivity index (χ3n) is 4.90. The van der Waals surface area contributed by atoms with Gasteiger partial charge >= 0.3 is 0 Å². The highest BCUT2D eigenvalue weighted by molar-refractivity contribution is 5.88. The summed E-state index contributed by atoms with van der Waals surface area (Å²) in [7, 11) is 0. The molecule has 1 saturated heterocycles. The lowest BCUT2D eigenvalue weighted by Crippen LogP contribution is -2.45. The van der Waals surface area contributed by atoms with E-state index in [1.165, 1.54) is 11.1 Å². The molecule has 2 aliphatic rings. The average Bonchev–Trinajstić information content (AvgIpc) is 3.20. The molecule has 24 heavy (non-hydrogen) atoms. The van der Waals surface area contributed by atoms with Crippen molar-refractivity contribution in [2.75, 3.05) is 25.0 Å². The number of hydrogen-bond acceptors (Lipinski definition) is 4. The van der Waals surface area contributed by atoms with Gasteiger partial charge in [0.05, 0.1) is 0 Å². The molecule has 2 unspecified atom stereocenters. The van der Waals surface area contributed by atoms with E-state index in [0.29, 0.717) is 32.5 Å². The molecule has 0 radical (unpaired) electrons. The van der Waals surface area contributed by atoms with Crippen molar-refractivity contribution in [3.63, 3.8) is 0 Å². The van der Waals surface area contributed by atoms with Crippen LogP contribution in [0, 0.1) is 6.92 Å². The van der Waals surface area contributed by atoms with Crippen molar-refractivity contribution in [3.8, 4) is 0 Å². The Labute approximate surface area is 142 Å². The highest BCUT2D eigenvalue weighted by Crippen LogP contribution is 2.29. The van der Waals surface area contributed by atoms with E-state index in [1.54, 1.807) is 0 Å². The lowest BCUT2D eigenvalue weighted by atomic mass is 10.1. The molecule has 2 amide bonds. The van der Waals surface area contributed by atoms with Crippen LogP contribution in [0.3, 0.4) is 0 Å². The number of carbonyl (C=O) groups excluding carboxylic acids is 2. The number of nitrogens with one attached hydrogen (secondary N) is 2. The second-order valence-electron chi connectivity index (χ2n) is 6.74. The second-order valence-corrected chi connectivity index (χ2v) is 6.74. The van der Waals surface area contributed by atoms with Gasteiger partial charge in [-0.1, -0.05) is 18.2 Å². The molecule has 0 aliphatic carbocycles. The molecular formula is C18H26N4O2. The fourth-order valence-corrected chi connectivity index (χ4v) is 3.53. The molecule has 4 N–H and O–H groups in total. The number of rotatable bonds is 5. The average molecular weight is 330 g/mol. The predicted octanol–water partition coefficient (Wildman–Crippen LogP) is 0.788. The molecule has 2 atom stereocenters. The quantitative estimate of drug-likeness (QED) is 0.745. The minimum absolute atomic E-state index is 0.0202. The van der Waals surface area contributed by atoms with E-state index in [4.69, 9.17) is 5.73 Å². The summed E-state index contributed by atoms with van der Waals surface area (Å²) in [5, 5.41) is 6.43. The van der Waals surface area contributed by atoms with Crippen molar-refractivity contribution < 1.29 is 9.59 Å². The predicted molar refractivity (Wildman–Crippen MR) is 93.7 cm³/mol. The van der Waals surface area contributed by atoms with Crippen molar-refractivity contribution in [2.24, 2.45) is 5.73 Å². The van der Waals surface area contributed by atoms with Crippen molar-refractivity contribution in [3.05, 3.63) is 29.3 Å². The highest BCUT2D eigenvalue weighted by atomic mass is 16.2. The number of fused-ring (bicyclic) bond motifs is 1. The summed E-state index contributed by atoms with van der Waals surface area (Å²) in [6.45, 7) is 3.90. The fraction of sp³-hybridized carbons (Fsp3) is 0.556. The number of para-hydroxylation sites is 1. The highest BCUT2D eigenvalue weighted by Gasteiger charge is 2.32. The SMILES string of the molecule is Cc1cccc2c1NC(C(=O)NC1CCN(C(=O)CCCN)C1)C2. The third-order valence-corrected chi connectivity index (χ3v) is 4.90. The van der Waals surface area contributed by atoms with E-state index >= 15 is 0 Å². The molecule has 6 nitrogen and oxygen atoms in total. The zero-order valence-electron chi connectivity index (χ0n) is 14.2. The van der Waals surface area contributed by atoms with Crippen LogP contribution >= 0.6 is 0 Å². The first-order chi connectivity index (χ1) is 11.6.